The number of ether oxygens (including phenoxy) is 1. The fraction of sp³-hybridized carbons (Fsp3) is 0.467. The summed E-state index contributed by atoms with van der Waals surface area (Å²) in [6.45, 7) is 0. The van der Waals surface area contributed by atoms with Crippen LogP contribution in [0.15, 0.2) is 18.2 Å². The van der Waals surface area contributed by atoms with Crippen molar-refractivity contribution in [3.05, 3.63) is 23.8 Å². The van der Waals surface area contributed by atoms with Crippen LogP contribution in [0.5, 0.6) is 5.75 Å². The zero-order chi connectivity index (χ0) is 15.4. The Morgan fingerprint density at radius 1 is 1.33 bits per heavy atom. The number of hydrogen-bond acceptors (Lipinski definition) is 4. The number of rotatable bonds is 4. The predicted molar refractivity (Wildman–Crippen MR) is 78.3 cm³/mol. The molecule has 0 heterocycles. The second-order valence-electron chi connectivity index (χ2n) is 5.27. The molecule has 1 aliphatic rings. The van der Waals surface area contributed by atoms with Crippen molar-refractivity contribution in [1.82, 2.24) is 5.32 Å². The van der Waals surface area contributed by atoms with E-state index in [0.717, 1.165) is 12.8 Å². The van der Waals surface area contributed by atoms with Gasteiger partial charge in [0.05, 0.1) is 18.6 Å². The summed E-state index contributed by atoms with van der Waals surface area (Å²) in [6.07, 6.45) is 3.08. The summed E-state index contributed by atoms with van der Waals surface area (Å²) in [4.78, 5) is 23.6. The van der Waals surface area contributed by atoms with Crippen molar-refractivity contribution in [2.75, 3.05) is 12.8 Å². The maximum atomic E-state index is 12.3. The summed E-state index contributed by atoms with van der Waals surface area (Å²) in [7, 11) is 1.46. The fourth-order valence-electron chi connectivity index (χ4n) is 2.74. The third kappa shape index (κ3) is 3.45. The number of carbonyl (C=O) groups is 2. The van der Waals surface area contributed by atoms with Gasteiger partial charge in [-0.1, -0.05) is 12.8 Å². The van der Waals surface area contributed by atoms with Gasteiger partial charge in [-0.25, -0.2) is 0 Å². The van der Waals surface area contributed by atoms with Gasteiger partial charge in [0.25, 0.3) is 5.91 Å². The lowest BCUT2D eigenvalue weighted by molar-refractivity contribution is -0.143. The van der Waals surface area contributed by atoms with E-state index in [1.807, 2.05) is 0 Å². The Labute approximate surface area is 123 Å². The average molecular weight is 292 g/mol. The lowest BCUT2D eigenvalue weighted by Crippen LogP contribution is -2.45. The molecule has 6 nitrogen and oxygen atoms in total. The second kappa shape index (κ2) is 6.47. The summed E-state index contributed by atoms with van der Waals surface area (Å²) >= 11 is 0. The van der Waals surface area contributed by atoms with Crippen LogP contribution in [0.2, 0.25) is 0 Å². The van der Waals surface area contributed by atoms with E-state index in [0.29, 0.717) is 29.8 Å². The molecule has 2 rings (SSSR count). The fourth-order valence-corrected chi connectivity index (χ4v) is 2.74. The van der Waals surface area contributed by atoms with E-state index in [1.165, 1.54) is 7.11 Å². The number of hydrogen-bond donors (Lipinski definition) is 3. The molecular formula is C15H20N2O4. The Bertz CT molecular complexity index is 544. The van der Waals surface area contributed by atoms with Gasteiger partial charge in [0.2, 0.25) is 0 Å². The van der Waals surface area contributed by atoms with Crippen LogP contribution in [0.1, 0.15) is 36.0 Å². The number of nitrogens with one attached hydrogen (secondary N) is 1. The Morgan fingerprint density at radius 3 is 2.71 bits per heavy atom. The highest BCUT2D eigenvalue weighted by Crippen LogP contribution is 2.26. The number of anilines is 1. The minimum absolute atomic E-state index is 0.329. The second-order valence-corrected chi connectivity index (χ2v) is 5.27. The van der Waals surface area contributed by atoms with Gasteiger partial charge in [0.1, 0.15) is 5.75 Å². The molecule has 114 valence electrons. The molecule has 6 heteroatoms. The summed E-state index contributed by atoms with van der Waals surface area (Å²) in [6, 6.07) is 4.44. The maximum Gasteiger partial charge on any atom is 0.308 e. The molecule has 1 saturated carbocycles. The topological polar surface area (TPSA) is 102 Å². The van der Waals surface area contributed by atoms with Crippen LogP contribution in [-0.4, -0.2) is 30.1 Å². The number of methoxy groups -OCH3 is 1. The van der Waals surface area contributed by atoms with E-state index < -0.39 is 11.9 Å². The number of carbonyl (C=O) groups excluding carboxylic acids is 1. The first-order chi connectivity index (χ1) is 10.0. The largest absolute Gasteiger partial charge is 0.496 e. The lowest BCUT2D eigenvalue weighted by Gasteiger charge is -2.29. The third-order valence-corrected chi connectivity index (χ3v) is 3.87. The molecule has 0 radical (unpaired) electrons. The first-order valence-electron chi connectivity index (χ1n) is 7.00. The van der Waals surface area contributed by atoms with Crippen LogP contribution in [0.3, 0.4) is 0 Å². The molecule has 1 amide bonds. The molecule has 0 aromatic heterocycles. The predicted octanol–water partition coefficient (Wildman–Crippen LogP) is 1.65. The Morgan fingerprint density at radius 2 is 2.05 bits per heavy atom. The van der Waals surface area contributed by atoms with Crippen molar-refractivity contribution < 1.29 is 19.4 Å². The van der Waals surface area contributed by atoms with Crippen LogP contribution >= 0.6 is 0 Å². The van der Waals surface area contributed by atoms with Crippen LogP contribution in [0.4, 0.5) is 5.69 Å². The normalized spacial score (nSPS) is 21.6. The maximum absolute atomic E-state index is 12.3. The van der Waals surface area contributed by atoms with Gasteiger partial charge < -0.3 is 20.9 Å². The molecule has 1 aromatic carbocycles. The highest BCUT2D eigenvalue weighted by atomic mass is 16.5. The number of benzene rings is 1. The van der Waals surface area contributed by atoms with Gasteiger partial charge in [-0.05, 0) is 25.0 Å². The lowest BCUT2D eigenvalue weighted by atomic mass is 9.84. The minimum atomic E-state index is -0.857. The summed E-state index contributed by atoms with van der Waals surface area (Å²) in [5.41, 5.74) is 6.53. The van der Waals surface area contributed by atoms with Gasteiger partial charge in [0.15, 0.2) is 0 Å². The van der Waals surface area contributed by atoms with Crippen molar-refractivity contribution >= 4 is 17.6 Å². The first kappa shape index (κ1) is 15.2. The van der Waals surface area contributed by atoms with E-state index in [9.17, 15) is 14.7 Å². The van der Waals surface area contributed by atoms with E-state index in [2.05, 4.69) is 5.32 Å². The highest BCUT2D eigenvalue weighted by Gasteiger charge is 2.32. The van der Waals surface area contributed by atoms with Gasteiger partial charge in [-0.2, -0.15) is 0 Å². The molecular weight excluding hydrogens is 272 g/mol. The summed E-state index contributed by atoms with van der Waals surface area (Å²) in [5.74, 6) is -1.33. The number of aliphatic carboxylic acids is 1. The van der Waals surface area contributed by atoms with Crippen molar-refractivity contribution in [3.63, 3.8) is 0 Å². The molecule has 0 saturated heterocycles. The van der Waals surface area contributed by atoms with Gasteiger partial charge in [-0.15, -0.1) is 0 Å². The molecule has 0 aliphatic heterocycles. The van der Waals surface area contributed by atoms with Gasteiger partial charge in [0, 0.05) is 17.8 Å². The van der Waals surface area contributed by atoms with Crippen LogP contribution in [0, 0.1) is 5.92 Å². The third-order valence-electron chi connectivity index (χ3n) is 3.87. The zero-order valence-electron chi connectivity index (χ0n) is 12.0. The Hall–Kier alpha value is -2.24. The van der Waals surface area contributed by atoms with E-state index in [-0.39, 0.29) is 11.9 Å². The van der Waals surface area contributed by atoms with Gasteiger partial charge >= 0.3 is 5.97 Å². The summed E-state index contributed by atoms with van der Waals surface area (Å²) < 4.78 is 5.15. The number of nitrogen functional groups attached to an aromatic ring is 1. The van der Waals surface area contributed by atoms with E-state index >= 15 is 0 Å². The van der Waals surface area contributed by atoms with Crippen molar-refractivity contribution in [3.8, 4) is 5.75 Å². The number of carboxylic acid groups (broad SMARTS) is 1. The average Bonchev–Trinajstić information content (AvgIpc) is 2.47. The molecule has 0 spiro atoms. The zero-order valence-corrected chi connectivity index (χ0v) is 12.0. The van der Waals surface area contributed by atoms with Crippen LogP contribution < -0.4 is 15.8 Å². The molecule has 1 aliphatic carbocycles. The molecule has 2 atom stereocenters. The van der Waals surface area contributed by atoms with Crippen molar-refractivity contribution in [2.45, 2.75) is 31.7 Å². The van der Waals surface area contributed by atoms with Crippen LogP contribution in [-0.2, 0) is 4.79 Å². The Kier molecular flexibility index (Phi) is 4.67. The van der Waals surface area contributed by atoms with Crippen molar-refractivity contribution in [1.29, 1.82) is 0 Å². The minimum Gasteiger partial charge on any atom is -0.496 e. The van der Waals surface area contributed by atoms with Gasteiger partial charge in [-0.3, -0.25) is 9.59 Å². The number of amides is 1. The standard InChI is InChI=1S/C15H20N2O4/c1-21-13-8-9(16)6-7-11(13)14(18)17-12-5-3-2-4-10(12)15(19)20/h6-8,10,12H,2-5,16H2,1H3,(H,17,18)(H,19,20). The smallest absolute Gasteiger partial charge is 0.308 e. The highest BCUT2D eigenvalue weighted by molar-refractivity contribution is 5.97. The molecule has 4 N–H and O–H groups in total. The molecule has 1 fully saturated rings. The first-order valence-corrected chi connectivity index (χ1v) is 7.00. The molecule has 21 heavy (non-hydrogen) atoms. The van der Waals surface area contributed by atoms with Crippen molar-refractivity contribution in [2.24, 2.45) is 5.92 Å². The van der Waals surface area contributed by atoms with E-state index in [1.54, 1.807) is 18.2 Å². The summed E-state index contributed by atoms with van der Waals surface area (Å²) in [5, 5.41) is 12.1. The van der Waals surface area contributed by atoms with Crippen LogP contribution in [0.25, 0.3) is 0 Å². The van der Waals surface area contributed by atoms with E-state index in [4.69, 9.17) is 10.5 Å². The monoisotopic (exact) mass is 292 g/mol. The Balaban J connectivity index is 2.15. The molecule has 1 aromatic rings. The number of nitrogens with two attached hydrogens (primary N) is 1. The quantitative estimate of drug-likeness (QED) is 0.732. The molecule has 2 unspecified atom stereocenters. The SMILES string of the molecule is COc1cc(N)ccc1C(=O)NC1CCCCC1C(=O)O. The molecule has 0 bridgehead atoms. The number of carboxylic acids is 1.